The van der Waals surface area contributed by atoms with Gasteiger partial charge in [0, 0.05) is 5.39 Å². The van der Waals surface area contributed by atoms with E-state index in [9.17, 15) is 9.90 Å². The molecule has 5 nitrogen and oxygen atoms in total. The first-order valence-corrected chi connectivity index (χ1v) is 6.53. The van der Waals surface area contributed by atoms with Crippen LogP contribution in [0.25, 0.3) is 22.2 Å². The molecule has 1 heterocycles. The van der Waals surface area contributed by atoms with Crippen molar-refractivity contribution in [1.82, 2.24) is 4.57 Å². The lowest BCUT2D eigenvalue weighted by molar-refractivity contribution is 0.198. The number of rotatable bonds is 2. The molecule has 0 fully saturated rings. The molecule has 0 amide bonds. The van der Waals surface area contributed by atoms with Gasteiger partial charge in [-0.1, -0.05) is 36.4 Å². The molecule has 0 atom stereocenters. The monoisotopic (exact) mass is 281 g/mol. The summed E-state index contributed by atoms with van der Waals surface area (Å²) in [6.45, 7) is 0. The molecule has 1 aromatic heterocycles. The lowest BCUT2D eigenvalue weighted by atomic mass is 10.1. The molecular formula is C16H15N3O2. The third-order valence-electron chi connectivity index (χ3n) is 3.47. The van der Waals surface area contributed by atoms with E-state index >= 15 is 0 Å². The average Bonchev–Trinajstić information content (AvgIpc) is 2.86. The molecule has 5 N–H and O–H groups in total. The van der Waals surface area contributed by atoms with E-state index in [4.69, 9.17) is 11.5 Å². The number of hydrogen-bond acceptors (Lipinski definition) is 3. The van der Waals surface area contributed by atoms with Crippen molar-refractivity contribution in [3.8, 4) is 11.3 Å². The van der Waals surface area contributed by atoms with Crippen LogP contribution in [0.2, 0.25) is 0 Å². The largest absolute Gasteiger partial charge is 0.464 e. The fraction of sp³-hybridized carbons (Fsp3) is 0.0625. The molecule has 0 bridgehead atoms. The van der Waals surface area contributed by atoms with Crippen molar-refractivity contribution in [1.29, 1.82) is 0 Å². The quantitative estimate of drug-likeness (QED) is 0.629. The van der Waals surface area contributed by atoms with Crippen LogP contribution in [-0.2, 0) is 0 Å². The van der Waals surface area contributed by atoms with Crippen LogP contribution in [0.5, 0.6) is 0 Å². The predicted octanol–water partition coefficient (Wildman–Crippen LogP) is 2.75. The molecule has 0 aliphatic rings. The van der Waals surface area contributed by atoms with E-state index in [0.29, 0.717) is 11.2 Å². The third-order valence-corrected chi connectivity index (χ3v) is 3.47. The number of aromatic nitrogens is 1. The van der Waals surface area contributed by atoms with Gasteiger partial charge >= 0.3 is 6.09 Å². The van der Waals surface area contributed by atoms with Crippen LogP contribution in [-0.4, -0.2) is 15.8 Å². The van der Waals surface area contributed by atoms with E-state index in [1.807, 2.05) is 42.5 Å². The number of benzene rings is 2. The van der Waals surface area contributed by atoms with Crippen LogP contribution in [0.4, 0.5) is 4.79 Å². The Balaban J connectivity index is 2.29. The zero-order chi connectivity index (χ0) is 15.0. The molecule has 0 unspecified atom stereocenters. The van der Waals surface area contributed by atoms with Gasteiger partial charge in [-0.25, -0.2) is 9.36 Å². The first-order chi connectivity index (χ1) is 10.1. The second-order valence-electron chi connectivity index (χ2n) is 4.86. The summed E-state index contributed by atoms with van der Waals surface area (Å²) in [5.41, 5.74) is 14.2. The Hall–Kier alpha value is -2.63. The van der Waals surface area contributed by atoms with Crippen LogP contribution >= 0.6 is 0 Å². The minimum absolute atomic E-state index is 0.581. The van der Waals surface area contributed by atoms with Crippen molar-refractivity contribution in [2.45, 2.75) is 6.17 Å². The van der Waals surface area contributed by atoms with E-state index in [1.54, 1.807) is 12.1 Å². The number of fused-ring (bicyclic) bond motifs is 1. The van der Waals surface area contributed by atoms with Crippen LogP contribution < -0.4 is 11.5 Å². The maximum Gasteiger partial charge on any atom is 0.416 e. The van der Waals surface area contributed by atoms with Gasteiger partial charge in [0.15, 0.2) is 0 Å². The van der Waals surface area contributed by atoms with Crippen LogP contribution in [0.15, 0.2) is 54.6 Å². The second kappa shape index (κ2) is 5.05. The second-order valence-corrected chi connectivity index (χ2v) is 4.86. The summed E-state index contributed by atoms with van der Waals surface area (Å²) in [5.74, 6) is 0. The summed E-state index contributed by atoms with van der Waals surface area (Å²) in [6, 6.07) is 16.5. The molecule has 0 aliphatic carbocycles. The minimum Gasteiger partial charge on any atom is -0.464 e. The molecule has 3 aromatic rings. The molecule has 106 valence electrons. The van der Waals surface area contributed by atoms with E-state index in [-0.39, 0.29) is 0 Å². The highest BCUT2D eigenvalue weighted by Gasteiger charge is 2.16. The van der Waals surface area contributed by atoms with E-state index < -0.39 is 12.3 Å². The first kappa shape index (κ1) is 13.4. The molecule has 2 aromatic carbocycles. The van der Waals surface area contributed by atoms with Crippen LogP contribution in [0.3, 0.4) is 0 Å². The molecule has 5 heteroatoms. The minimum atomic E-state index is -1.02. The summed E-state index contributed by atoms with van der Waals surface area (Å²) < 4.78 is 1.27. The molecule has 0 saturated heterocycles. The molecule has 21 heavy (non-hydrogen) atoms. The van der Waals surface area contributed by atoms with E-state index in [0.717, 1.165) is 16.5 Å². The maximum absolute atomic E-state index is 11.6. The number of hydrogen-bond donors (Lipinski definition) is 3. The van der Waals surface area contributed by atoms with Gasteiger partial charge in [0.2, 0.25) is 0 Å². The lowest BCUT2D eigenvalue weighted by Gasteiger charge is -2.07. The van der Waals surface area contributed by atoms with Gasteiger partial charge in [-0.2, -0.15) is 0 Å². The van der Waals surface area contributed by atoms with Crippen LogP contribution in [0, 0.1) is 0 Å². The maximum atomic E-state index is 11.6. The molecule has 0 aliphatic heterocycles. The summed E-state index contributed by atoms with van der Waals surface area (Å²) in [5, 5.41) is 10.3. The summed E-state index contributed by atoms with van der Waals surface area (Å²) in [6.07, 6.45) is -1.60. The standard InChI is InChI=1S/C16H15N3O2/c17-15(18)11-6-7-13-12(8-11)9-14(19(13)16(20)21)10-4-2-1-3-5-10/h1-9,15H,17-18H2,(H,20,21). The highest BCUT2D eigenvalue weighted by atomic mass is 16.4. The van der Waals surface area contributed by atoms with Crippen molar-refractivity contribution in [3.05, 3.63) is 60.2 Å². The SMILES string of the molecule is NC(N)c1ccc2c(c1)cc(-c1ccccc1)n2C(=O)O. The van der Waals surface area contributed by atoms with Crippen LogP contribution in [0.1, 0.15) is 11.7 Å². The zero-order valence-electron chi connectivity index (χ0n) is 11.2. The Labute approximate surface area is 121 Å². The van der Waals surface area contributed by atoms with Gasteiger partial charge in [-0.3, -0.25) is 0 Å². The summed E-state index contributed by atoms with van der Waals surface area (Å²) >= 11 is 0. The lowest BCUT2D eigenvalue weighted by Crippen LogP contribution is -2.19. The average molecular weight is 281 g/mol. The van der Waals surface area contributed by atoms with Gasteiger partial charge in [-0.15, -0.1) is 0 Å². The Kier molecular flexibility index (Phi) is 3.21. The molecule has 0 radical (unpaired) electrons. The number of carbonyl (C=O) groups is 1. The van der Waals surface area contributed by atoms with Gasteiger partial charge in [0.1, 0.15) is 0 Å². The zero-order valence-corrected chi connectivity index (χ0v) is 11.2. The Morgan fingerprint density at radius 3 is 2.38 bits per heavy atom. The van der Waals surface area contributed by atoms with Gasteiger partial charge < -0.3 is 16.6 Å². The topological polar surface area (TPSA) is 94.3 Å². The van der Waals surface area contributed by atoms with Crippen molar-refractivity contribution in [2.24, 2.45) is 11.5 Å². The molecule has 0 spiro atoms. The Morgan fingerprint density at radius 2 is 1.76 bits per heavy atom. The first-order valence-electron chi connectivity index (χ1n) is 6.53. The van der Waals surface area contributed by atoms with Crippen molar-refractivity contribution >= 4 is 17.0 Å². The Morgan fingerprint density at radius 1 is 1.05 bits per heavy atom. The third kappa shape index (κ3) is 2.29. The fourth-order valence-electron chi connectivity index (χ4n) is 2.47. The predicted molar refractivity (Wildman–Crippen MR) is 81.9 cm³/mol. The fourth-order valence-corrected chi connectivity index (χ4v) is 2.47. The van der Waals surface area contributed by atoms with Gasteiger partial charge in [0.25, 0.3) is 0 Å². The van der Waals surface area contributed by atoms with E-state index in [2.05, 4.69) is 0 Å². The Bertz CT molecular complexity index is 807. The smallest absolute Gasteiger partial charge is 0.416 e. The van der Waals surface area contributed by atoms with Crippen molar-refractivity contribution in [2.75, 3.05) is 0 Å². The summed E-state index contributed by atoms with van der Waals surface area (Å²) in [4.78, 5) is 11.6. The highest BCUT2D eigenvalue weighted by molar-refractivity contribution is 5.95. The normalized spacial score (nSPS) is 11.2. The van der Waals surface area contributed by atoms with Gasteiger partial charge in [-0.05, 0) is 29.3 Å². The molecular weight excluding hydrogens is 266 g/mol. The molecule has 3 rings (SSSR count). The van der Waals surface area contributed by atoms with E-state index in [1.165, 1.54) is 4.57 Å². The van der Waals surface area contributed by atoms with Crippen molar-refractivity contribution in [3.63, 3.8) is 0 Å². The van der Waals surface area contributed by atoms with Crippen molar-refractivity contribution < 1.29 is 9.90 Å². The number of carboxylic acid groups (broad SMARTS) is 1. The number of nitrogens with two attached hydrogens (primary N) is 2. The number of nitrogens with zero attached hydrogens (tertiary/aromatic N) is 1. The highest BCUT2D eigenvalue weighted by Crippen LogP contribution is 2.29. The van der Waals surface area contributed by atoms with Gasteiger partial charge in [0.05, 0.1) is 17.4 Å². The molecule has 0 saturated carbocycles. The summed E-state index contributed by atoms with van der Waals surface area (Å²) in [7, 11) is 0.